The van der Waals surface area contributed by atoms with Crippen molar-refractivity contribution in [2.24, 2.45) is 0 Å². The van der Waals surface area contributed by atoms with Crippen molar-refractivity contribution in [3.63, 3.8) is 0 Å². The van der Waals surface area contributed by atoms with Gasteiger partial charge in [0.25, 0.3) is 0 Å². The van der Waals surface area contributed by atoms with E-state index in [4.69, 9.17) is 10.2 Å². The van der Waals surface area contributed by atoms with Crippen molar-refractivity contribution in [3.05, 3.63) is 12.7 Å². The third kappa shape index (κ3) is 12.9. The topological polar surface area (TPSA) is 84.3 Å². The number of hydrogen-bond donors (Lipinski definition) is 1. The van der Waals surface area contributed by atoms with Crippen molar-refractivity contribution in [1.82, 2.24) is 0 Å². The summed E-state index contributed by atoms with van der Waals surface area (Å²) in [6.07, 6.45) is 3.38. The van der Waals surface area contributed by atoms with Gasteiger partial charge in [0.1, 0.15) is 0 Å². The van der Waals surface area contributed by atoms with Crippen molar-refractivity contribution >= 4 is 18.0 Å². The lowest BCUT2D eigenvalue weighted by Gasteiger charge is -1.97. The molecule has 0 aromatic heterocycles. The Morgan fingerprint density at radius 1 is 1.50 bits per heavy atom. The monoisotopic (exact) mass is 199 g/mol. The maximum atomic E-state index is 10.7. The molecule has 0 radical (unpaired) electrons. The van der Waals surface area contributed by atoms with Gasteiger partial charge < -0.3 is 4.74 Å². The van der Waals surface area contributed by atoms with Gasteiger partial charge in [0, 0.05) is 12.8 Å². The Morgan fingerprint density at radius 3 is 2.36 bits per heavy atom. The fourth-order valence-corrected chi connectivity index (χ4v) is 0.470. The van der Waals surface area contributed by atoms with Crippen LogP contribution >= 0.6 is 0 Å². The van der Waals surface area contributed by atoms with Crippen molar-refractivity contribution in [2.75, 3.05) is 0 Å². The molecule has 0 saturated heterocycles. The maximum absolute atomic E-state index is 10.7. The zero-order valence-corrected chi connectivity index (χ0v) is 8.04. The summed E-state index contributed by atoms with van der Waals surface area (Å²) in [6.45, 7) is 5.08. The average molecular weight is 199 g/mol. The summed E-state index contributed by atoms with van der Waals surface area (Å²) in [5.74, 6) is -0.948. The number of carbonyl (C=O) groups excluding carboxylic acids is 3. The van der Waals surface area contributed by atoms with Crippen LogP contribution in [0.3, 0.4) is 0 Å². The highest BCUT2D eigenvalue weighted by Crippen LogP contribution is 1.94. The second kappa shape index (κ2) is 11.3. The summed E-state index contributed by atoms with van der Waals surface area (Å²) in [6, 6.07) is 0. The highest BCUT2D eigenvalue weighted by Gasteiger charge is 2.05. The molecule has 0 aromatic carbocycles. The van der Waals surface area contributed by atoms with Gasteiger partial charge in [0.2, 0.25) is 6.08 Å². The summed E-state index contributed by atoms with van der Waals surface area (Å²) in [5.41, 5.74) is 0. The molecule has 78 valence electrons. The van der Waals surface area contributed by atoms with E-state index in [-0.39, 0.29) is 12.8 Å². The molecule has 0 rings (SSSR count). The van der Waals surface area contributed by atoms with Gasteiger partial charge in [-0.25, -0.2) is 10.2 Å². The molecular weight excluding hydrogens is 186 g/mol. The van der Waals surface area contributed by atoms with Crippen LogP contribution in [0.1, 0.15) is 26.2 Å². The molecule has 0 saturated carbocycles. The van der Waals surface area contributed by atoms with Crippen molar-refractivity contribution < 1.29 is 19.1 Å². The van der Waals surface area contributed by atoms with Crippen LogP contribution in [0, 0.1) is 5.41 Å². The first kappa shape index (κ1) is 14.8. The van der Waals surface area contributed by atoms with Crippen LogP contribution in [0.5, 0.6) is 0 Å². The Labute approximate surface area is 82.3 Å². The number of allylic oxidation sites excluding steroid dienone is 1. The molecule has 0 bridgehead atoms. The lowest BCUT2D eigenvalue weighted by molar-refractivity contribution is -0.159. The van der Waals surface area contributed by atoms with Gasteiger partial charge in [-0.15, -0.1) is 6.58 Å². The molecule has 0 unspecified atom stereocenters. The van der Waals surface area contributed by atoms with Gasteiger partial charge in [0.05, 0.1) is 0 Å². The van der Waals surface area contributed by atoms with E-state index in [0.717, 1.165) is 6.08 Å². The normalized spacial score (nSPS) is 7.50. The predicted molar refractivity (Wildman–Crippen MR) is 49.2 cm³/mol. The SMILES string of the molecule is C=CCCC(=O)OC(=O)CC.N=C=O. The third-order valence-electron chi connectivity index (χ3n) is 1.07. The van der Waals surface area contributed by atoms with Crippen LogP contribution in [0.4, 0.5) is 0 Å². The molecule has 5 heteroatoms. The van der Waals surface area contributed by atoms with Gasteiger partial charge >= 0.3 is 11.9 Å². The second-order valence-electron chi connectivity index (χ2n) is 2.13. The van der Waals surface area contributed by atoms with Crippen LogP contribution in [-0.2, 0) is 19.1 Å². The minimum atomic E-state index is -0.475. The Kier molecular flexibility index (Phi) is 11.9. The minimum absolute atomic E-state index is 0.231. The van der Waals surface area contributed by atoms with Crippen LogP contribution in [-0.4, -0.2) is 18.0 Å². The fraction of sp³-hybridized carbons (Fsp3) is 0.444. The van der Waals surface area contributed by atoms with Crippen LogP contribution in [0.2, 0.25) is 0 Å². The summed E-state index contributed by atoms with van der Waals surface area (Å²) in [5, 5.41) is 5.40. The first-order valence-electron chi connectivity index (χ1n) is 4.00. The zero-order chi connectivity index (χ0) is 11.4. The third-order valence-corrected chi connectivity index (χ3v) is 1.07. The number of carbonyl (C=O) groups is 2. The molecule has 0 aliphatic carbocycles. The Balaban J connectivity index is 0. The first-order valence-corrected chi connectivity index (χ1v) is 4.00. The molecule has 5 nitrogen and oxygen atoms in total. The molecule has 14 heavy (non-hydrogen) atoms. The molecule has 0 aromatic rings. The number of nitrogens with one attached hydrogen (secondary N) is 1. The van der Waals surface area contributed by atoms with Crippen molar-refractivity contribution in [1.29, 1.82) is 5.41 Å². The number of ether oxygens (including phenoxy) is 1. The lowest BCUT2D eigenvalue weighted by Crippen LogP contribution is -2.10. The molecule has 0 atom stereocenters. The molecule has 0 aliphatic rings. The average Bonchev–Trinajstić information content (AvgIpc) is 2.15. The zero-order valence-electron chi connectivity index (χ0n) is 8.04. The van der Waals surface area contributed by atoms with E-state index < -0.39 is 11.9 Å². The van der Waals surface area contributed by atoms with Crippen LogP contribution in [0.25, 0.3) is 0 Å². The van der Waals surface area contributed by atoms with Gasteiger partial charge in [-0.3, -0.25) is 9.59 Å². The van der Waals surface area contributed by atoms with Crippen molar-refractivity contribution in [3.8, 4) is 0 Å². The van der Waals surface area contributed by atoms with Gasteiger partial charge in [-0.05, 0) is 6.42 Å². The van der Waals surface area contributed by atoms with E-state index in [1.807, 2.05) is 0 Å². The van der Waals surface area contributed by atoms with E-state index in [1.54, 1.807) is 13.0 Å². The molecule has 0 heterocycles. The van der Waals surface area contributed by atoms with Crippen molar-refractivity contribution in [2.45, 2.75) is 26.2 Å². The van der Waals surface area contributed by atoms with Crippen LogP contribution in [0.15, 0.2) is 12.7 Å². The van der Waals surface area contributed by atoms with Gasteiger partial charge in [0.15, 0.2) is 0 Å². The lowest BCUT2D eigenvalue weighted by atomic mass is 10.3. The number of hydrogen-bond acceptors (Lipinski definition) is 5. The van der Waals surface area contributed by atoms with Gasteiger partial charge in [-0.1, -0.05) is 13.0 Å². The highest BCUT2D eigenvalue weighted by molar-refractivity contribution is 5.85. The van der Waals surface area contributed by atoms with Crippen LogP contribution < -0.4 is 0 Å². The fourth-order valence-electron chi connectivity index (χ4n) is 0.470. The predicted octanol–water partition coefficient (Wildman–Crippen LogP) is 1.33. The second-order valence-corrected chi connectivity index (χ2v) is 2.13. The van der Waals surface area contributed by atoms with E-state index >= 15 is 0 Å². The standard InChI is InChI=1S/C8H12O3.CHNO/c1-3-5-6-8(10)11-7(9)4-2;2-1-3/h3H,1,4-6H2,2H3;2H. The molecular formula is C9H13NO4. The minimum Gasteiger partial charge on any atom is -0.393 e. The number of rotatable bonds is 4. The van der Waals surface area contributed by atoms with E-state index in [2.05, 4.69) is 11.3 Å². The molecule has 1 N–H and O–H groups in total. The number of isocyanates is 1. The number of esters is 2. The largest absolute Gasteiger partial charge is 0.393 e. The van der Waals surface area contributed by atoms with Gasteiger partial charge in [-0.2, -0.15) is 0 Å². The summed E-state index contributed by atoms with van der Waals surface area (Å²) in [4.78, 5) is 29.5. The smallest absolute Gasteiger partial charge is 0.313 e. The summed E-state index contributed by atoms with van der Waals surface area (Å²) >= 11 is 0. The Hall–Kier alpha value is -1.74. The molecule has 0 aliphatic heterocycles. The quantitative estimate of drug-likeness (QED) is 0.243. The first-order chi connectivity index (χ1) is 6.62. The van der Waals surface area contributed by atoms with E-state index in [0.29, 0.717) is 6.42 Å². The molecule has 0 amide bonds. The highest BCUT2D eigenvalue weighted by atomic mass is 16.6. The summed E-state index contributed by atoms with van der Waals surface area (Å²) in [7, 11) is 0. The maximum Gasteiger partial charge on any atom is 0.313 e. The van der Waals surface area contributed by atoms with E-state index in [9.17, 15) is 9.59 Å². The Bertz CT molecular complexity index is 229. The Morgan fingerprint density at radius 2 is 2.00 bits per heavy atom. The molecule has 0 fully saturated rings. The molecule has 0 spiro atoms. The summed E-state index contributed by atoms with van der Waals surface area (Å²) < 4.78 is 4.38. The van der Waals surface area contributed by atoms with E-state index in [1.165, 1.54) is 0 Å².